The van der Waals surface area contributed by atoms with Gasteiger partial charge in [-0.25, -0.2) is 9.48 Å². The van der Waals surface area contributed by atoms with E-state index in [0.29, 0.717) is 40.5 Å². The molecule has 194 valence electrons. The van der Waals surface area contributed by atoms with E-state index in [4.69, 9.17) is 19.3 Å². The molecule has 3 aromatic rings. The average Bonchev–Trinajstić information content (AvgIpc) is 3.31. The Hall–Kier alpha value is -3.72. The minimum atomic E-state index is -0.558. The summed E-state index contributed by atoms with van der Waals surface area (Å²) in [4.78, 5) is 17.8. The number of hydrogen-bond donors (Lipinski definition) is 1. The third-order valence-electron chi connectivity index (χ3n) is 5.84. The van der Waals surface area contributed by atoms with Crippen molar-refractivity contribution in [2.45, 2.75) is 45.0 Å². The number of carbonyl (C=O) groups excluding carboxylic acids is 1. The van der Waals surface area contributed by atoms with Crippen LogP contribution < -0.4 is 14.8 Å². The van der Waals surface area contributed by atoms with Crippen molar-refractivity contribution < 1.29 is 19.0 Å². The van der Waals surface area contributed by atoms with Gasteiger partial charge >= 0.3 is 5.97 Å². The highest BCUT2D eigenvalue weighted by atomic mass is 32.2. The number of nitrogens with zero attached hydrogens (tertiary/aromatic N) is 3. The van der Waals surface area contributed by atoms with Crippen LogP contribution in [0.5, 0.6) is 11.5 Å². The first-order valence-electron chi connectivity index (χ1n) is 12.2. The largest absolute Gasteiger partial charge is 0.493 e. The first kappa shape index (κ1) is 26.3. The number of carbonyl (C=O) groups is 1. The second-order valence-electron chi connectivity index (χ2n) is 8.65. The molecule has 1 aliphatic rings. The summed E-state index contributed by atoms with van der Waals surface area (Å²) in [6.45, 7) is 10.2. The second-order valence-corrected chi connectivity index (χ2v) is 9.71. The summed E-state index contributed by atoms with van der Waals surface area (Å²) < 4.78 is 18.9. The van der Waals surface area contributed by atoms with Crippen molar-refractivity contribution in [1.82, 2.24) is 14.8 Å². The summed E-state index contributed by atoms with van der Waals surface area (Å²) in [5.41, 5.74) is 4.16. The molecule has 4 rings (SSSR count). The molecule has 0 bridgehead atoms. The third kappa shape index (κ3) is 5.99. The van der Waals surface area contributed by atoms with Crippen LogP contribution in [0.15, 0.2) is 71.5 Å². The predicted molar refractivity (Wildman–Crippen MR) is 145 cm³/mol. The Morgan fingerprint density at radius 1 is 1.19 bits per heavy atom. The number of allylic oxidation sites excluding steroid dienone is 1. The first-order valence-corrected chi connectivity index (χ1v) is 13.1. The summed E-state index contributed by atoms with van der Waals surface area (Å²) in [5, 5.41) is 8.59. The summed E-state index contributed by atoms with van der Waals surface area (Å²) in [6.07, 6.45) is 2.55. The smallest absolute Gasteiger partial charge is 0.338 e. The van der Waals surface area contributed by atoms with Gasteiger partial charge in [-0.05, 0) is 43.5 Å². The summed E-state index contributed by atoms with van der Waals surface area (Å²) in [7, 11) is 1.60. The van der Waals surface area contributed by atoms with Gasteiger partial charge in [0.1, 0.15) is 19.3 Å². The van der Waals surface area contributed by atoms with Gasteiger partial charge in [0.25, 0.3) is 0 Å². The molecule has 0 saturated carbocycles. The highest BCUT2D eigenvalue weighted by Gasteiger charge is 2.35. The van der Waals surface area contributed by atoms with E-state index in [2.05, 4.69) is 42.9 Å². The standard InChI is InChI=1S/C28H32N4O4S/c1-6-14-35-26(33)24-19(4)29-27-30-28(37-15-7-2)31-32(27)25(24)21-12-13-22(23(16-21)34-5)36-17-20-10-8-18(3)9-11-20/h6,8-13,16,25H,1,7,14-15,17H2,2-5H3,(H,29,30,31). The predicted octanol–water partition coefficient (Wildman–Crippen LogP) is 5.69. The highest BCUT2D eigenvalue weighted by molar-refractivity contribution is 7.99. The Balaban J connectivity index is 1.70. The number of thioether (sulfide) groups is 1. The minimum Gasteiger partial charge on any atom is -0.493 e. The van der Waals surface area contributed by atoms with Gasteiger partial charge in [-0.3, -0.25) is 0 Å². The lowest BCUT2D eigenvalue weighted by atomic mass is 9.95. The van der Waals surface area contributed by atoms with Crippen LogP contribution in [0, 0.1) is 6.92 Å². The SMILES string of the molecule is C=CCOC(=O)C1=C(C)Nc2nc(SCCC)nn2C1c1ccc(OCc2ccc(C)cc2)c(OC)c1. The van der Waals surface area contributed by atoms with Crippen LogP contribution in [-0.2, 0) is 16.1 Å². The molecule has 2 heterocycles. The molecule has 0 aliphatic carbocycles. The van der Waals surface area contributed by atoms with Gasteiger partial charge in [0.15, 0.2) is 11.5 Å². The van der Waals surface area contributed by atoms with Gasteiger partial charge in [-0.1, -0.05) is 67.2 Å². The maximum absolute atomic E-state index is 13.2. The van der Waals surface area contributed by atoms with Gasteiger partial charge in [0, 0.05) is 11.4 Å². The Morgan fingerprint density at radius 3 is 2.68 bits per heavy atom. The topological polar surface area (TPSA) is 87.5 Å². The normalized spacial score (nSPS) is 14.5. The van der Waals surface area contributed by atoms with E-state index in [9.17, 15) is 4.79 Å². The quantitative estimate of drug-likeness (QED) is 0.196. The molecule has 1 unspecified atom stereocenters. The number of hydrogen-bond acceptors (Lipinski definition) is 8. The van der Waals surface area contributed by atoms with Crippen LogP contribution in [0.3, 0.4) is 0 Å². The number of aryl methyl sites for hydroxylation is 1. The lowest BCUT2D eigenvalue weighted by Crippen LogP contribution is -2.29. The van der Waals surface area contributed by atoms with Crippen LogP contribution >= 0.6 is 11.8 Å². The Morgan fingerprint density at radius 2 is 1.97 bits per heavy atom. The molecule has 1 aliphatic heterocycles. The number of ether oxygens (including phenoxy) is 3. The number of methoxy groups -OCH3 is 1. The van der Waals surface area contributed by atoms with Crippen LogP contribution in [0.4, 0.5) is 5.95 Å². The van der Waals surface area contributed by atoms with Crippen LogP contribution in [-0.4, -0.2) is 40.2 Å². The number of rotatable bonds is 11. The lowest BCUT2D eigenvalue weighted by molar-refractivity contribution is -0.138. The summed E-state index contributed by atoms with van der Waals surface area (Å²) in [5.74, 6) is 2.19. The van der Waals surface area contributed by atoms with Crippen molar-refractivity contribution in [2.24, 2.45) is 0 Å². The minimum absolute atomic E-state index is 0.110. The van der Waals surface area contributed by atoms with Crippen LogP contribution in [0.1, 0.15) is 43.0 Å². The van der Waals surface area contributed by atoms with Crippen molar-refractivity contribution in [3.8, 4) is 11.5 Å². The third-order valence-corrected chi connectivity index (χ3v) is 6.88. The molecular formula is C28H32N4O4S. The molecular weight excluding hydrogens is 488 g/mol. The molecule has 37 heavy (non-hydrogen) atoms. The Kier molecular flexibility index (Phi) is 8.55. The van der Waals surface area contributed by atoms with Crippen molar-refractivity contribution >= 4 is 23.7 Å². The van der Waals surface area contributed by atoms with Gasteiger partial charge in [-0.2, -0.15) is 4.98 Å². The highest BCUT2D eigenvalue weighted by Crippen LogP contribution is 2.40. The van der Waals surface area contributed by atoms with Gasteiger partial charge in [-0.15, -0.1) is 5.10 Å². The van der Waals surface area contributed by atoms with Crippen molar-refractivity contribution in [3.63, 3.8) is 0 Å². The lowest BCUT2D eigenvalue weighted by Gasteiger charge is -2.28. The molecule has 1 atom stereocenters. The molecule has 1 aromatic heterocycles. The number of anilines is 1. The van der Waals surface area contributed by atoms with E-state index in [1.807, 2.05) is 37.3 Å². The number of esters is 1. The molecule has 0 radical (unpaired) electrons. The fraction of sp³-hybridized carbons (Fsp3) is 0.321. The molecule has 0 amide bonds. The van der Waals surface area contributed by atoms with Crippen molar-refractivity contribution in [3.05, 3.63) is 83.1 Å². The van der Waals surface area contributed by atoms with E-state index in [-0.39, 0.29) is 6.61 Å². The number of fused-ring (bicyclic) bond motifs is 1. The molecule has 9 heteroatoms. The molecule has 0 saturated heterocycles. The molecule has 2 aromatic carbocycles. The maximum Gasteiger partial charge on any atom is 0.338 e. The zero-order chi connectivity index (χ0) is 26.4. The fourth-order valence-electron chi connectivity index (χ4n) is 3.99. The van der Waals surface area contributed by atoms with Gasteiger partial charge in [0.05, 0.1) is 12.7 Å². The van der Waals surface area contributed by atoms with E-state index in [1.165, 1.54) is 5.56 Å². The Bertz CT molecular complexity index is 1300. The van der Waals surface area contributed by atoms with E-state index < -0.39 is 12.0 Å². The Labute approximate surface area is 221 Å². The van der Waals surface area contributed by atoms with E-state index in [1.54, 1.807) is 29.6 Å². The number of nitrogens with one attached hydrogen (secondary N) is 1. The molecule has 8 nitrogen and oxygen atoms in total. The van der Waals surface area contributed by atoms with Crippen molar-refractivity contribution in [2.75, 3.05) is 24.8 Å². The zero-order valence-corrected chi connectivity index (χ0v) is 22.4. The first-order chi connectivity index (χ1) is 17.9. The van der Waals surface area contributed by atoms with Gasteiger partial charge < -0.3 is 19.5 Å². The molecule has 0 fully saturated rings. The number of aromatic nitrogens is 3. The monoisotopic (exact) mass is 520 g/mol. The number of benzene rings is 2. The van der Waals surface area contributed by atoms with E-state index >= 15 is 0 Å². The summed E-state index contributed by atoms with van der Waals surface area (Å²) >= 11 is 1.58. The van der Waals surface area contributed by atoms with E-state index in [0.717, 1.165) is 23.3 Å². The zero-order valence-electron chi connectivity index (χ0n) is 21.6. The average molecular weight is 521 g/mol. The van der Waals surface area contributed by atoms with Gasteiger partial charge in [0.2, 0.25) is 11.1 Å². The summed E-state index contributed by atoms with van der Waals surface area (Å²) in [6, 6.07) is 13.3. The fourth-order valence-corrected chi connectivity index (χ4v) is 4.67. The van der Waals surface area contributed by atoms with Crippen LogP contribution in [0.25, 0.3) is 0 Å². The molecule has 1 N–H and O–H groups in total. The van der Waals surface area contributed by atoms with Crippen molar-refractivity contribution in [1.29, 1.82) is 0 Å². The second kappa shape index (κ2) is 12.0. The molecule has 0 spiro atoms. The maximum atomic E-state index is 13.2. The van der Waals surface area contributed by atoms with Crippen LogP contribution in [0.2, 0.25) is 0 Å².